The molecule has 3 aromatic rings. The van der Waals surface area contributed by atoms with E-state index in [1.807, 2.05) is 42.5 Å². The largest absolute Gasteiger partial charge is 0.497 e. The quantitative estimate of drug-likeness (QED) is 0.755. The number of pyridine rings is 1. The second kappa shape index (κ2) is 7.23. The third kappa shape index (κ3) is 3.44. The summed E-state index contributed by atoms with van der Waals surface area (Å²) in [4.78, 5) is 10.9. The Bertz CT molecular complexity index is 851. The molecular weight excluding hydrogens is 332 g/mol. The number of ether oxygens (including phenoxy) is 1. The maximum atomic E-state index is 10.2. The number of aliphatic hydroxyl groups excluding tert-OH is 1. The van der Waals surface area contributed by atoms with Crippen LogP contribution in [0.3, 0.4) is 0 Å². The molecule has 1 aliphatic rings. The summed E-state index contributed by atoms with van der Waals surface area (Å²) in [7, 11) is 1.65. The molecule has 1 fully saturated rings. The summed E-state index contributed by atoms with van der Waals surface area (Å²) < 4.78 is 10.7. The molecule has 0 amide bonds. The molecule has 1 aliphatic heterocycles. The number of rotatable bonds is 5. The minimum Gasteiger partial charge on any atom is -0.497 e. The Hall–Kier alpha value is -2.77. The van der Waals surface area contributed by atoms with Crippen molar-refractivity contribution in [2.75, 3.05) is 13.7 Å². The summed E-state index contributed by atoms with van der Waals surface area (Å²) in [5.41, 5.74) is 1.80. The Morgan fingerprint density at radius 1 is 1.23 bits per heavy atom. The fourth-order valence-corrected chi connectivity index (χ4v) is 3.25. The first-order chi connectivity index (χ1) is 12.7. The lowest BCUT2D eigenvalue weighted by molar-refractivity contribution is 0.169. The SMILES string of the molecule is COc1ccc(CN2CC(O)CC2c2nc(-c3ccccn3)no2)cc1. The van der Waals surface area contributed by atoms with E-state index in [0.717, 1.165) is 11.3 Å². The molecule has 2 aromatic heterocycles. The van der Waals surface area contributed by atoms with Crippen LogP contribution in [-0.2, 0) is 6.54 Å². The first-order valence-electron chi connectivity index (χ1n) is 8.53. The molecule has 7 nitrogen and oxygen atoms in total. The van der Waals surface area contributed by atoms with Gasteiger partial charge >= 0.3 is 0 Å². The number of hydrogen-bond donors (Lipinski definition) is 1. The van der Waals surface area contributed by atoms with Gasteiger partial charge in [0.1, 0.15) is 11.4 Å². The first kappa shape index (κ1) is 16.7. The second-order valence-corrected chi connectivity index (χ2v) is 6.35. The zero-order valence-electron chi connectivity index (χ0n) is 14.4. The van der Waals surface area contributed by atoms with Crippen molar-refractivity contribution >= 4 is 0 Å². The van der Waals surface area contributed by atoms with E-state index in [2.05, 4.69) is 20.0 Å². The lowest BCUT2D eigenvalue weighted by Gasteiger charge is -2.21. The highest BCUT2D eigenvalue weighted by molar-refractivity contribution is 5.47. The summed E-state index contributed by atoms with van der Waals surface area (Å²) in [5.74, 6) is 1.80. The van der Waals surface area contributed by atoms with Crippen LogP contribution in [0.25, 0.3) is 11.5 Å². The van der Waals surface area contributed by atoms with E-state index >= 15 is 0 Å². The summed E-state index contributed by atoms with van der Waals surface area (Å²) in [6.07, 6.45) is 1.85. The van der Waals surface area contributed by atoms with Crippen molar-refractivity contribution in [3.63, 3.8) is 0 Å². The third-order valence-corrected chi connectivity index (χ3v) is 4.55. The number of hydrogen-bond acceptors (Lipinski definition) is 7. The number of likely N-dealkylation sites (tertiary alicyclic amines) is 1. The highest BCUT2D eigenvalue weighted by Crippen LogP contribution is 2.33. The van der Waals surface area contributed by atoms with Gasteiger partial charge in [0, 0.05) is 19.3 Å². The number of methoxy groups -OCH3 is 1. The van der Waals surface area contributed by atoms with E-state index < -0.39 is 6.10 Å². The topological polar surface area (TPSA) is 84.5 Å². The molecule has 0 spiro atoms. The molecule has 0 radical (unpaired) electrons. The standard InChI is InChI=1S/C19H20N4O3/c1-25-15-7-5-13(6-8-15)11-23-12-14(24)10-17(23)19-21-18(22-26-19)16-4-2-3-9-20-16/h2-9,14,17,24H,10-12H2,1H3. The lowest BCUT2D eigenvalue weighted by Crippen LogP contribution is -2.24. The van der Waals surface area contributed by atoms with Gasteiger partial charge in [0.15, 0.2) is 0 Å². The smallest absolute Gasteiger partial charge is 0.244 e. The van der Waals surface area contributed by atoms with Gasteiger partial charge in [0.2, 0.25) is 11.7 Å². The molecule has 2 unspecified atom stereocenters. The fraction of sp³-hybridized carbons (Fsp3) is 0.316. The molecule has 4 rings (SSSR count). The molecule has 1 saturated heterocycles. The van der Waals surface area contributed by atoms with Gasteiger partial charge in [0.25, 0.3) is 0 Å². The van der Waals surface area contributed by atoms with Crippen molar-refractivity contribution < 1.29 is 14.4 Å². The normalized spacial score (nSPS) is 20.4. The first-order valence-corrected chi connectivity index (χ1v) is 8.53. The number of β-amino-alcohol motifs (C(OH)–C–C–N with tert-alkyl or cyclic N) is 1. The van der Waals surface area contributed by atoms with E-state index in [0.29, 0.717) is 36.9 Å². The Morgan fingerprint density at radius 3 is 2.81 bits per heavy atom. The molecule has 0 aliphatic carbocycles. The molecule has 1 aromatic carbocycles. The number of aliphatic hydroxyl groups is 1. The molecule has 26 heavy (non-hydrogen) atoms. The van der Waals surface area contributed by atoms with E-state index in [1.54, 1.807) is 13.3 Å². The van der Waals surface area contributed by atoms with Crippen molar-refractivity contribution in [1.29, 1.82) is 0 Å². The van der Waals surface area contributed by atoms with Crippen molar-refractivity contribution in [3.8, 4) is 17.3 Å². The molecule has 3 heterocycles. The van der Waals surface area contributed by atoms with Gasteiger partial charge in [-0.1, -0.05) is 23.4 Å². The van der Waals surface area contributed by atoms with E-state index in [1.165, 1.54) is 0 Å². The van der Waals surface area contributed by atoms with Gasteiger partial charge in [0.05, 0.1) is 19.3 Å². The number of nitrogens with zero attached hydrogens (tertiary/aromatic N) is 4. The Balaban J connectivity index is 1.53. The average molecular weight is 352 g/mol. The van der Waals surface area contributed by atoms with Crippen molar-refractivity contribution in [1.82, 2.24) is 20.0 Å². The van der Waals surface area contributed by atoms with Crippen LogP contribution in [0.1, 0.15) is 23.9 Å². The maximum Gasteiger partial charge on any atom is 0.244 e. The summed E-state index contributed by atoms with van der Waals surface area (Å²) in [5, 5.41) is 14.2. The van der Waals surface area contributed by atoms with Crippen LogP contribution in [0.15, 0.2) is 53.2 Å². The molecule has 134 valence electrons. The molecule has 0 saturated carbocycles. The minimum atomic E-state index is -0.413. The molecular formula is C19H20N4O3. The summed E-state index contributed by atoms with van der Waals surface area (Å²) in [6, 6.07) is 13.4. The molecule has 2 atom stereocenters. The average Bonchev–Trinajstić information content (AvgIpc) is 3.30. The Labute approximate surface area is 151 Å². The van der Waals surface area contributed by atoms with Gasteiger partial charge in [-0.25, -0.2) is 0 Å². The van der Waals surface area contributed by atoms with Crippen molar-refractivity contribution in [2.24, 2.45) is 0 Å². The summed E-state index contributed by atoms with van der Waals surface area (Å²) in [6.45, 7) is 1.25. The number of aromatic nitrogens is 3. The highest BCUT2D eigenvalue weighted by Gasteiger charge is 2.36. The minimum absolute atomic E-state index is 0.114. The zero-order valence-corrected chi connectivity index (χ0v) is 14.4. The van der Waals surface area contributed by atoms with Crippen LogP contribution >= 0.6 is 0 Å². The second-order valence-electron chi connectivity index (χ2n) is 6.35. The fourth-order valence-electron chi connectivity index (χ4n) is 3.25. The third-order valence-electron chi connectivity index (χ3n) is 4.55. The van der Waals surface area contributed by atoms with Gasteiger partial charge in [-0.05, 0) is 36.2 Å². The van der Waals surface area contributed by atoms with Gasteiger partial charge < -0.3 is 14.4 Å². The van der Waals surface area contributed by atoms with E-state index in [9.17, 15) is 5.11 Å². The van der Waals surface area contributed by atoms with Gasteiger partial charge in [-0.3, -0.25) is 9.88 Å². The monoisotopic (exact) mass is 352 g/mol. The lowest BCUT2D eigenvalue weighted by atomic mass is 10.1. The summed E-state index contributed by atoms with van der Waals surface area (Å²) >= 11 is 0. The number of benzene rings is 1. The van der Waals surface area contributed by atoms with Crippen LogP contribution in [0.4, 0.5) is 0 Å². The maximum absolute atomic E-state index is 10.2. The van der Waals surface area contributed by atoms with Crippen LogP contribution in [0.5, 0.6) is 5.75 Å². The Kier molecular flexibility index (Phi) is 4.64. The highest BCUT2D eigenvalue weighted by atomic mass is 16.5. The predicted molar refractivity (Wildman–Crippen MR) is 94.3 cm³/mol. The van der Waals surface area contributed by atoms with Crippen LogP contribution in [0.2, 0.25) is 0 Å². The van der Waals surface area contributed by atoms with Crippen molar-refractivity contribution in [3.05, 3.63) is 60.1 Å². The van der Waals surface area contributed by atoms with Crippen LogP contribution < -0.4 is 4.74 Å². The van der Waals surface area contributed by atoms with Gasteiger partial charge in [-0.15, -0.1) is 0 Å². The van der Waals surface area contributed by atoms with Crippen molar-refractivity contribution in [2.45, 2.75) is 25.1 Å². The van der Waals surface area contributed by atoms with Gasteiger partial charge in [-0.2, -0.15) is 4.98 Å². The molecule has 1 N–H and O–H groups in total. The predicted octanol–water partition coefficient (Wildman–Crippen LogP) is 2.45. The zero-order chi connectivity index (χ0) is 17.9. The van der Waals surface area contributed by atoms with Crippen LogP contribution in [-0.4, -0.2) is 44.9 Å². The molecule has 7 heteroatoms. The van der Waals surface area contributed by atoms with E-state index in [-0.39, 0.29) is 6.04 Å². The molecule has 0 bridgehead atoms. The van der Waals surface area contributed by atoms with Crippen LogP contribution in [0, 0.1) is 0 Å². The Morgan fingerprint density at radius 2 is 2.08 bits per heavy atom. The van der Waals surface area contributed by atoms with E-state index in [4.69, 9.17) is 9.26 Å².